The van der Waals surface area contributed by atoms with Crippen LogP contribution >= 0.6 is 15.9 Å². The number of hydrogen-bond acceptors (Lipinski definition) is 3. The molecule has 0 saturated heterocycles. The van der Waals surface area contributed by atoms with E-state index in [1.807, 2.05) is 36.4 Å². The summed E-state index contributed by atoms with van der Waals surface area (Å²) in [5.74, 6) is -0.261. The van der Waals surface area contributed by atoms with Crippen molar-refractivity contribution in [3.8, 4) is 0 Å². The Balaban J connectivity index is 1.69. The van der Waals surface area contributed by atoms with E-state index < -0.39 is 0 Å². The lowest BCUT2D eigenvalue weighted by Gasteiger charge is -2.03. The summed E-state index contributed by atoms with van der Waals surface area (Å²) in [4.78, 5) is 12.4. The fraction of sp³-hybridized carbons (Fsp3) is 0. The number of fused-ring (bicyclic) bond motifs is 2. The van der Waals surface area contributed by atoms with Gasteiger partial charge in [-0.05, 0) is 36.4 Å². The number of aromatic nitrogens is 4. The number of halogens is 1. The molecular formula is C15H10BrN5O. The fourth-order valence-electron chi connectivity index (χ4n) is 2.36. The summed E-state index contributed by atoms with van der Waals surface area (Å²) in [6.45, 7) is 0. The van der Waals surface area contributed by atoms with Crippen molar-refractivity contribution in [1.82, 2.24) is 20.4 Å². The topological polar surface area (TPSA) is 86.5 Å². The Morgan fingerprint density at radius 3 is 2.91 bits per heavy atom. The van der Waals surface area contributed by atoms with Crippen LogP contribution in [0.4, 0.5) is 5.69 Å². The molecule has 0 fully saturated rings. The first-order chi connectivity index (χ1) is 10.7. The summed E-state index contributed by atoms with van der Waals surface area (Å²) in [5.41, 5.74) is 2.73. The predicted octanol–water partition coefficient (Wildman–Crippen LogP) is 3.45. The van der Waals surface area contributed by atoms with E-state index in [9.17, 15) is 4.79 Å². The molecule has 3 N–H and O–H groups in total. The van der Waals surface area contributed by atoms with Crippen LogP contribution in [0.3, 0.4) is 0 Å². The van der Waals surface area contributed by atoms with Crippen LogP contribution in [0.1, 0.15) is 10.5 Å². The molecule has 4 rings (SSSR count). The molecule has 0 aliphatic heterocycles. The smallest absolute Gasteiger partial charge is 0.276 e. The second-order valence-electron chi connectivity index (χ2n) is 4.89. The summed E-state index contributed by atoms with van der Waals surface area (Å²) < 4.78 is 0.898. The van der Waals surface area contributed by atoms with E-state index in [1.54, 1.807) is 6.20 Å². The SMILES string of the molecule is O=C(Nc1ccc2cn[nH]c2c1)c1n[nH]c2ccc(Br)cc12. The minimum Gasteiger partial charge on any atom is -0.320 e. The van der Waals surface area contributed by atoms with Crippen LogP contribution in [-0.2, 0) is 0 Å². The average Bonchev–Trinajstić information content (AvgIpc) is 3.12. The zero-order chi connectivity index (χ0) is 15.1. The summed E-state index contributed by atoms with van der Waals surface area (Å²) in [5, 5.41) is 18.4. The lowest BCUT2D eigenvalue weighted by atomic mass is 10.2. The monoisotopic (exact) mass is 355 g/mol. The first kappa shape index (κ1) is 13.0. The van der Waals surface area contributed by atoms with E-state index in [0.29, 0.717) is 11.4 Å². The van der Waals surface area contributed by atoms with Gasteiger partial charge in [-0.2, -0.15) is 10.2 Å². The molecule has 0 saturated carbocycles. The van der Waals surface area contributed by atoms with Crippen LogP contribution in [-0.4, -0.2) is 26.3 Å². The van der Waals surface area contributed by atoms with Crippen molar-refractivity contribution in [2.45, 2.75) is 0 Å². The molecule has 2 aromatic heterocycles. The molecule has 2 aromatic carbocycles. The molecule has 1 amide bonds. The molecule has 0 aliphatic rings. The van der Waals surface area contributed by atoms with Gasteiger partial charge in [0.1, 0.15) is 0 Å². The van der Waals surface area contributed by atoms with Crippen molar-refractivity contribution in [2.24, 2.45) is 0 Å². The minimum atomic E-state index is -0.261. The van der Waals surface area contributed by atoms with Crippen molar-refractivity contribution in [1.29, 1.82) is 0 Å². The number of hydrogen-bond donors (Lipinski definition) is 3. The second kappa shape index (κ2) is 4.96. The van der Waals surface area contributed by atoms with Crippen LogP contribution < -0.4 is 5.32 Å². The molecule has 0 spiro atoms. The number of anilines is 1. The zero-order valence-corrected chi connectivity index (χ0v) is 12.8. The van der Waals surface area contributed by atoms with Crippen LogP contribution in [0.5, 0.6) is 0 Å². The molecule has 108 valence electrons. The van der Waals surface area contributed by atoms with Crippen LogP contribution in [0.15, 0.2) is 47.1 Å². The largest absolute Gasteiger partial charge is 0.320 e. The van der Waals surface area contributed by atoms with Gasteiger partial charge in [-0.15, -0.1) is 0 Å². The molecule has 4 aromatic rings. The lowest BCUT2D eigenvalue weighted by Crippen LogP contribution is -2.12. The number of H-pyrrole nitrogens is 2. The van der Waals surface area contributed by atoms with Gasteiger partial charge in [0.25, 0.3) is 5.91 Å². The van der Waals surface area contributed by atoms with Crippen molar-refractivity contribution < 1.29 is 4.79 Å². The van der Waals surface area contributed by atoms with Crippen LogP contribution in [0.25, 0.3) is 21.8 Å². The quantitative estimate of drug-likeness (QED) is 0.514. The maximum Gasteiger partial charge on any atom is 0.276 e. The first-order valence-corrected chi connectivity index (χ1v) is 7.38. The first-order valence-electron chi connectivity index (χ1n) is 6.59. The fourth-order valence-corrected chi connectivity index (χ4v) is 2.73. The molecule has 22 heavy (non-hydrogen) atoms. The maximum absolute atomic E-state index is 12.4. The Morgan fingerprint density at radius 1 is 1.09 bits per heavy atom. The number of nitrogens with one attached hydrogen (secondary N) is 3. The number of amides is 1. The maximum atomic E-state index is 12.4. The molecule has 0 atom stereocenters. The zero-order valence-electron chi connectivity index (χ0n) is 11.2. The highest BCUT2D eigenvalue weighted by molar-refractivity contribution is 9.10. The number of carbonyl (C=O) groups excluding carboxylic acids is 1. The number of rotatable bonds is 2. The molecule has 6 nitrogen and oxygen atoms in total. The van der Waals surface area contributed by atoms with E-state index >= 15 is 0 Å². The number of aromatic amines is 2. The third-order valence-corrected chi connectivity index (χ3v) is 3.93. The van der Waals surface area contributed by atoms with Gasteiger partial charge >= 0.3 is 0 Å². The lowest BCUT2D eigenvalue weighted by molar-refractivity contribution is 0.102. The highest BCUT2D eigenvalue weighted by Crippen LogP contribution is 2.22. The van der Waals surface area contributed by atoms with Crippen LogP contribution in [0, 0.1) is 0 Å². The molecule has 0 unspecified atom stereocenters. The molecule has 0 radical (unpaired) electrons. The summed E-state index contributed by atoms with van der Waals surface area (Å²) >= 11 is 3.41. The van der Waals surface area contributed by atoms with Gasteiger partial charge < -0.3 is 5.32 Å². The highest BCUT2D eigenvalue weighted by atomic mass is 79.9. The second-order valence-corrected chi connectivity index (χ2v) is 5.80. The van der Waals surface area contributed by atoms with Crippen LogP contribution in [0.2, 0.25) is 0 Å². The summed E-state index contributed by atoms with van der Waals surface area (Å²) in [6, 6.07) is 11.2. The predicted molar refractivity (Wildman–Crippen MR) is 87.8 cm³/mol. The molecule has 0 bridgehead atoms. The average molecular weight is 356 g/mol. The number of carbonyl (C=O) groups is 1. The van der Waals surface area contributed by atoms with E-state index in [4.69, 9.17) is 0 Å². The van der Waals surface area contributed by atoms with Gasteiger partial charge in [-0.25, -0.2) is 0 Å². The van der Waals surface area contributed by atoms with Gasteiger partial charge in [-0.1, -0.05) is 15.9 Å². The van der Waals surface area contributed by atoms with Crippen molar-refractivity contribution in [2.75, 3.05) is 5.32 Å². The van der Waals surface area contributed by atoms with Gasteiger partial charge in [0.05, 0.1) is 17.2 Å². The van der Waals surface area contributed by atoms with Crippen molar-refractivity contribution in [3.63, 3.8) is 0 Å². The Hall–Kier alpha value is -2.67. The number of benzene rings is 2. The normalized spacial score (nSPS) is 11.1. The van der Waals surface area contributed by atoms with Gasteiger partial charge in [-0.3, -0.25) is 15.0 Å². The van der Waals surface area contributed by atoms with Crippen molar-refractivity contribution in [3.05, 3.63) is 52.8 Å². The Kier molecular flexibility index (Phi) is 2.93. The van der Waals surface area contributed by atoms with E-state index in [2.05, 4.69) is 41.6 Å². The molecular weight excluding hydrogens is 346 g/mol. The van der Waals surface area contributed by atoms with Gasteiger partial charge in [0.2, 0.25) is 0 Å². The Bertz CT molecular complexity index is 1000. The molecule has 7 heteroatoms. The standard InChI is InChI=1S/C15H10BrN5O/c16-9-2-4-12-11(5-9)14(21-20-12)15(22)18-10-3-1-8-7-17-19-13(8)6-10/h1-7H,(H,17,19)(H,18,22)(H,20,21). The third kappa shape index (κ3) is 2.15. The minimum absolute atomic E-state index is 0.261. The number of nitrogens with zero attached hydrogens (tertiary/aromatic N) is 2. The Morgan fingerprint density at radius 2 is 2.00 bits per heavy atom. The Labute approximate surface area is 133 Å². The highest BCUT2D eigenvalue weighted by Gasteiger charge is 2.14. The third-order valence-electron chi connectivity index (χ3n) is 3.44. The van der Waals surface area contributed by atoms with Gasteiger partial charge in [0, 0.05) is 20.9 Å². The van der Waals surface area contributed by atoms with Gasteiger partial charge in [0.15, 0.2) is 5.69 Å². The van der Waals surface area contributed by atoms with Crippen molar-refractivity contribution >= 4 is 49.3 Å². The molecule has 2 heterocycles. The molecule has 0 aliphatic carbocycles. The van der Waals surface area contributed by atoms with E-state index in [1.165, 1.54) is 0 Å². The summed E-state index contributed by atoms with van der Waals surface area (Å²) in [7, 11) is 0. The van der Waals surface area contributed by atoms with E-state index in [-0.39, 0.29) is 5.91 Å². The van der Waals surface area contributed by atoms with E-state index in [0.717, 1.165) is 26.3 Å². The summed E-state index contributed by atoms with van der Waals surface area (Å²) in [6.07, 6.45) is 1.74.